The third kappa shape index (κ3) is 3.24. The summed E-state index contributed by atoms with van der Waals surface area (Å²) in [5.74, 6) is 0.0289. The first-order valence-electron chi connectivity index (χ1n) is 9.37. The molecule has 1 aliphatic carbocycles. The van der Waals surface area contributed by atoms with E-state index < -0.39 is 0 Å². The molecule has 2 aliphatic rings. The molecule has 0 bridgehead atoms. The lowest BCUT2D eigenvalue weighted by Crippen LogP contribution is -2.59. The Kier molecular flexibility index (Phi) is 5.30. The minimum atomic E-state index is -0.274. The van der Waals surface area contributed by atoms with Crippen LogP contribution in [0.4, 0.5) is 4.79 Å². The standard InChI is InChI=1S/C20H28N2O3/c1-3-25-19(24)22-15-12-17(20(22)13-8-5-9-14-20)21(2)18(23)16-10-6-4-7-11-16/h4,6-7,10-11,17H,3,5,8-9,12-15H2,1-2H3. The molecular weight excluding hydrogens is 316 g/mol. The summed E-state index contributed by atoms with van der Waals surface area (Å²) in [6.45, 7) is 2.88. The molecule has 0 aromatic heterocycles. The number of likely N-dealkylation sites (tertiary alicyclic amines) is 1. The second kappa shape index (κ2) is 7.46. The number of rotatable bonds is 3. The number of likely N-dealkylation sites (N-methyl/N-ethyl adjacent to an activating group) is 1. The molecule has 25 heavy (non-hydrogen) atoms. The molecule has 2 fully saturated rings. The van der Waals surface area contributed by atoms with Crippen LogP contribution in [0.5, 0.6) is 0 Å². The van der Waals surface area contributed by atoms with Crippen molar-refractivity contribution in [1.82, 2.24) is 9.80 Å². The Hall–Kier alpha value is -2.04. The first kappa shape index (κ1) is 17.8. The van der Waals surface area contributed by atoms with Crippen LogP contribution in [-0.4, -0.2) is 53.6 Å². The fourth-order valence-corrected chi connectivity index (χ4v) is 4.64. The molecular formula is C20H28N2O3. The van der Waals surface area contributed by atoms with E-state index in [4.69, 9.17) is 4.74 Å². The molecule has 5 heteroatoms. The van der Waals surface area contributed by atoms with Gasteiger partial charge in [-0.25, -0.2) is 4.79 Å². The molecule has 0 radical (unpaired) electrons. The topological polar surface area (TPSA) is 49.9 Å². The van der Waals surface area contributed by atoms with Gasteiger partial charge in [0.15, 0.2) is 0 Å². The minimum Gasteiger partial charge on any atom is -0.450 e. The Balaban J connectivity index is 1.86. The lowest BCUT2D eigenvalue weighted by molar-refractivity contribution is 0.0208. The van der Waals surface area contributed by atoms with Crippen LogP contribution in [0.3, 0.4) is 0 Å². The molecule has 1 aliphatic heterocycles. The highest BCUT2D eigenvalue weighted by atomic mass is 16.6. The van der Waals surface area contributed by atoms with Crippen molar-refractivity contribution >= 4 is 12.0 Å². The van der Waals surface area contributed by atoms with Gasteiger partial charge in [-0.15, -0.1) is 0 Å². The van der Waals surface area contributed by atoms with Gasteiger partial charge in [-0.2, -0.15) is 0 Å². The maximum Gasteiger partial charge on any atom is 0.410 e. The van der Waals surface area contributed by atoms with E-state index in [-0.39, 0.29) is 23.6 Å². The van der Waals surface area contributed by atoms with Crippen molar-refractivity contribution in [2.45, 2.75) is 57.0 Å². The van der Waals surface area contributed by atoms with Gasteiger partial charge < -0.3 is 14.5 Å². The van der Waals surface area contributed by atoms with Gasteiger partial charge in [0.25, 0.3) is 5.91 Å². The van der Waals surface area contributed by atoms with Crippen molar-refractivity contribution in [3.8, 4) is 0 Å². The number of nitrogens with zero attached hydrogens (tertiary/aromatic N) is 2. The van der Waals surface area contributed by atoms with Crippen LogP contribution in [0.25, 0.3) is 0 Å². The van der Waals surface area contributed by atoms with Gasteiger partial charge in [0.05, 0.1) is 18.2 Å². The van der Waals surface area contributed by atoms with Crippen LogP contribution in [0.1, 0.15) is 55.8 Å². The van der Waals surface area contributed by atoms with Gasteiger partial charge in [0.1, 0.15) is 0 Å². The third-order valence-electron chi connectivity index (χ3n) is 5.80. The predicted molar refractivity (Wildman–Crippen MR) is 96.5 cm³/mol. The van der Waals surface area contributed by atoms with E-state index in [9.17, 15) is 9.59 Å². The predicted octanol–water partition coefficient (Wildman–Crippen LogP) is 3.69. The zero-order valence-electron chi connectivity index (χ0n) is 15.2. The van der Waals surface area contributed by atoms with E-state index in [0.717, 1.165) is 32.1 Å². The first-order valence-corrected chi connectivity index (χ1v) is 9.37. The molecule has 1 aromatic rings. The van der Waals surface area contributed by atoms with Crippen molar-refractivity contribution < 1.29 is 14.3 Å². The van der Waals surface area contributed by atoms with Crippen LogP contribution in [0.15, 0.2) is 30.3 Å². The number of carbonyl (C=O) groups is 2. The maximum atomic E-state index is 13.0. The summed E-state index contributed by atoms with van der Waals surface area (Å²) in [5, 5.41) is 0. The second-order valence-corrected chi connectivity index (χ2v) is 7.10. The summed E-state index contributed by atoms with van der Waals surface area (Å²) in [4.78, 5) is 29.3. The summed E-state index contributed by atoms with van der Waals surface area (Å²) >= 11 is 0. The molecule has 5 nitrogen and oxygen atoms in total. The average Bonchev–Trinajstić information content (AvgIpc) is 3.00. The van der Waals surface area contributed by atoms with E-state index in [0.29, 0.717) is 18.7 Å². The number of benzene rings is 1. The van der Waals surface area contributed by atoms with Crippen molar-refractivity contribution in [3.63, 3.8) is 0 Å². The van der Waals surface area contributed by atoms with Gasteiger partial charge in [0.2, 0.25) is 0 Å². The van der Waals surface area contributed by atoms with Crippen LogP contribution in [-0.2, 0) is 4.74 Å². The normalized spacial score (nSPS) is 22.0. The summed E-state index contributed by atoms with van der Waals surface area (Å²) in [6, 6.07) is 9.44. The number of ether oxygens (including phenoxy) is 1. The molecule has 1 heterocycles. The Morgan fingerprint density at radius 2 is 1.88 bits per heavy atom. The Morgan fingerprint density at radius 3 is 2.52 bits per heavy atom. The zero-order chi connectivity index (χ0) is 17.9. The third-order valence-corrected chi connectivity index (χ3v) is 5.80. The van der Waals surface area contributed by atoms with Gasteiger partial charge in [-0.3, -0.25) is 4.79 Å². The van der Waals surface area contributed by atoms with Crippen LogP contribution < -0.4 is 0 Å². The fraction of sp³-hybridized carbons (Fsp3) is 0.600. The molecule has 1 saturated carbocycles. The molecule has 1 aromatic carbocycles. The molecule has 136 valence electrons. The number of hydrogen-bond acceptors (Lipinski definition) is 3. The second-order valence-electron chi connectivity index (χ2n) is 7.10. The van der Waals surface area contributed by atoms with E-state index in [1.54, 1.807) is 0 Å². The van der Waals surface area contributed by atoms with Crippen LogP contribution in [0, 0.1) is 0 Å². The number of amides is 2. The zero-order valence-corrected chi connectivity index (χ0v) is 15.2. The van der Waals surface area contributed by atoms with Crippen LogP contribution in [0.2, 0.25) is 0 Å². The molecule has 1 atom stereocenters. The highest BCUT2D eigenvalue weighted by Crippen LogP contribution is 2.44. The van der Waals surface area contributed by atoms with Gasteiger partial charge >= 0.3 is 6.09 Å². The quantitative estimate of drug-likeness (QED) is 0.840. The lowest BCUT2D eigenvalue weighted by atomic mass is 9.76. The average molecular weight is 344 g/mol. The van der Waals surface area contributed by atoms with E-state index in [1.807, 2.05) is 54.1 Å². The maximum absolute atomic E-state index is 13.0. The number of carbonyl (C=O) groups excluding carboxylic acids is 2. The van der Waals surface area contributed by atoms with Crippen LogP contribution >= 0.6 is 0 Å². The SMILES string of the molecule is CCOC(=O)N1CCC(N(C)C(=O)c2ccccc2)C12CCCCC2. The number of hydrogen-bond donors (Lipinski definition) is 0. The molecule has 1 unspecified atom stereocenters. The van der Waals surface area contributed by atoms with E-state index >= 15 is 0 Å². The molecule has 3 rings (SSSR count). The summed E-state index contributed by atoms with van der Waals surface area (Å²) in [6.07, 6.45) is 5.87. The summed E-state index contributed by atoms with van der Waals surface area (Å²) < 4.78 is 5.31. The summed E-state index contributed by atoms with van der Waals surface area (Å²) in [7, 11) is 1.88. The Morgan fingerprint density at radius 1 is 1.20 bits per heavy atom. The van der Waals surface area contributed by atoms with Gasteiger partial charge in [-0.1, -0.05) is 37.5 Å². The van der Waals surface area contributed by atoms with E-state index in [2.05, 4.69) is 0 Å². The van der Waals surface area contributed by atoms with E-state index in [1.165, 1.54) is 6.42 Å². The highest BCUT2D eigenvalue weighted by molar-refractivity contribution is 5.94. The van der Waals surface area contributed by atoms with Gasteiger partial charge in [0, 0.05) is 19.2 Å². The largest absolute Gasteiger partial charge is 0.450 e. The minimum absolute atomic E-state index is 0.0289. The molecule has 1 saturated heterocycles. The van der Waals surface area contributed by atoms with Crippen molar-refractivity contribution in [3.05, 3.63) is 35.9 Å². The Bertz CT molecular complexity index is 611. The molecule has 0 N–H and O–H groups in total. The first-order chi connectivity index (χ1) is 12.1. The fourth-order valence-electron chi connectivity index (χ4n) is 4.64. The van der Waals surface area contributed by atoms with Crippen molar-refractivity contribution in [2.75, 3.05) is 20.2 Å². The molecule has 2 amide bonds. The highest BCUT2D eigenvalue weighted by Gasteiger charge is 2.53. The van der Waals surface area contributed by atoms with Crippen molar-refractivity contribution in [1.29, 1.82) is 0 Å². The lowest BCUT2D eigenvalue weighted by Gasteiger charge is -2.47. The Labute approximate surface area is 149 Å². The van der Waals surface area contributed by atoms with Gasteiger partial charge in [-0.05, 0) is 38.3 Å². The molecule has 1 spiro atoms. The smallest absolute Gasteiger partial charge is 0.410 e. The summed E-state index contributed by atoms with van der Waals surface area (Å²) in [5.41, 5.74) is 0.425. The monoisotopic (exact) mass is 344 g/mol. The van der Waals surface area contributed by atoms with Crippen molar-refractivity contribution in [2.24, 2.45) is 0 Å².